The van der Waals surface area contributed by atoms with Crippen LogP contribution in [-0.4, -0.2) is 15.8 Å². The van der Waals surface area contributed by atoms with Crippen molar-refractivity contribution in [2.45, 2.75) is 13.1 Å². The molecular weight excluding hydrogens is 221 g/mol. The van der Waals surface area contributed by atoms with Gasteiger partial charge in [0, 0.05) is 18.5 Å². The summed E-state index contributed by atoms with van der Waals surface area (Å²) in [5.74, 6) is -0.328. The highest BCUT2D eigenvalue weighted by molar-refractivity contribution is 5.97. The van der Waals surface area contributed by atoms with Crippen LogP contribution in [0.2, 0.25) is 0 Å². The standard InChI is InChI=1S/C10H7F3N2O/c1-5(16)8-4-6-7(10(11,12)13)2-3-14-9(6)15-8/h2-4H,1H3,(H,14,15). The number of pyridine rings is 1. The smallest absolute Gasteiger partial charge is 0.337 e. The Morgan fingerprint density at radius 2 is 2.12 bits per heavy atom. The van der Waals surface area contributed by atoms with Crippen LogP contribution in [0.25, 0.3) is 11.0 Å². The summed E-state index contributed by atoms with van der Waals surface area (Å²) in [6.45, 7) is 1.28. The Bertz CT molecular complexity index is 557. The Labute approximate surface area is 88.3 Å². The maximum Gasteiger partial charge on any atom is 0.417 e. The topological polar surface area (TPSA) is 45.8 Å². The molecule has 3 nitrogen and oxygen atoms in total. The van der Waals surface area contributed by atoms with E-state index in [4.69, 9.17) is 0 Å². The normalized spacial score (nSPS) is 12.0. The first-order valence-corrected chi connectivity index (χ1v) is 4.45. The Balaban J connectivity index is 2.73. The van der Waals surface area contributed by atoms with Gasteiger partial charge in [0.15, 0.2) is 5.78 Å². The molecule has 84 valence electrons. The SMILES string of the molecule is CC(=O)c1cc2c(C(F)(F)F)ccnc2[nH]1. The molecule has 0 aliphatic carbocycles. The maximum atomic E-state index is 12.6. The van der Waals surface area contributed by atoms with E-state index in [9.17, 15) is 18.0 Å². The zero-order valence-electron chi connectivity index (χ0n) is 8.22. The van der Waals surface area contributed by atoms with Crippen molar-refractivity contribution in [2.75, 3.05) is 0 Å². The summed E-state index contributed by atoms with van der Waals surface area (Å²) in [4.78, 5) is 17.3. The first kappa shape index (κ1) is 10.7. The number of hydrogen-bond donors (Lipinski definition) is 1. The molecule has 0 aliphatic heterocycles. The number of nitrogens with zero attached hydrogens (tertiary/aromatic N) is 1. The molecule has 2 aromatic heterocycles. The summed E-state index contributed by atoms with van der Waals surface area (Å²) in [6, 6.07) is 2.06. The fraction of sp³-hybridized carbons (Fsp3) is 0.200. The minimum Gasteiger partial charge on any atom is -0.337 e. The molecule has 0 amide bonds. The van der Waals surface area contributed by atoms with Crippen molar-refractivity contribution in [3.63, 3.8) is 0 Å². The van der Waals surface area contributed by atoms with Gasteiger partial charge in [-0.25, -0.2) is 4.98 Å². The second-order valence-corrected chi connectivity index (χ2v) is 3.36. The van der Waals surface area contributed by atoms with Crippen molar-refractivity contribution in [3.05, 3.63) is 29.6 Å². The molecule has 2 rings (SSSR count). The van der Waals surface area contributed by atoms with Gasteiger partial charge in [0.05, 0.1) is 11.3 Å². The van der Waals surface area contributed by atoms with Crippen LogP contribution in [0.5, 0.6) is 0 Å². The van der Waals surface area contributed by atoms with Crippen molar-refractivity contribution in [1.82, 2.24) is 9.97 Å². The monoisotopic (exact) mass is 228 g/mol. The number of Topliss-reactive ketones (excluding diaryl/α,β-unsaturated/α-hetero) is 1. The molecule has 6 heteroatoms. The summed E-state index contributed by atoms with van der Waals surface area (Å²) in [7, 11) is 0. The van der Waals surface area contributed by atoms with E-state index < -0.39 is 11.7 Å². The quantitative estimate of drug-likeness (QED) is 0.763. The van der Waals surface area contributed by atoms with E-state index in [1.54, 1.807) is 0 Å². The van der Waals surface area contributed by atoms with Crippen molar-refractivity contribution in [1.29, 1.82) is 0 Å². The minimum atomic E-state index is -4.45. The minimum absolute atomic E-state index is 0.0695. The Morgan fingerprint density at radius 3 is 2.69 bits per heavy atom. The van der Waals surface area contributed by atoms with Gasteiger partial charge in [0.2, 0.25) is 0 Å². The second kappa shape index (κ2) is 3.33. The number of H-pyrrole nitrogens is 1. The van der Waals surface area contributed by atoms with Crippen molar-refractivity contribution in [3.8, 4) is 0 Å². The predicted molar refractivity (Wildman–Crippen MR) is 51.1 cm³/mol. The van der Waals surface area contributed by atoms with E-state index in [1.807, 2.05) is 0 Å². The van der Waals surface area contributed by atoms with E-state index in [0.29, 0.717) is 0 Å². The lowest BCUT2D eigenvalue weighted by atomic mass is 10.1. The highest BCUT2D eigenvalue weighted by Crippen LogP contribution is 2.34. The molecule has 0 aliphatic rings. The number of fused-ring (bicyclic) bond motifs is 1. The van der Waals surface area contributed by atoms with Gasteiger partial charge < -0.3 is 4.98 Å². The zero-order valence-corrected chi connectivity index (χ0v) is 8.22. The van der Waals surface area contributed by atoms with E-state index in [1.165, 1.54) is 13.0 Å². The van der Waals surface area contributed by atoms with Gasteiger partial charge in [-0.15, -0.1) is 0 Å². The molecule has 2 heterocycles. The summed E-state index contributed by atoms with van der Waals surface area (Å²) in [5, 5.41) is -0.0831. The van der Waals surface area contributed by atoms with Crippen LogP contribution in [-0.2, 0) is 6.18 Å². The largest absolute Gasteiger partial charge is 0.417 e. The molecule has 1 N–H and O–H groups in total. The third kappa shape index (κ3) is 1.66. The van der Waals surface area contributed by atoms with Gasteiger partial charge in [-0.05, 0) is 12.1 Å². The molecule has 16 heavy (non-hydrogen) atoms. The van der Waals surface area contributed by atoms with Crippen LogP contribution < -0.4 is 0 Å². The summed E-state index contributed by atoms with van der Waals surface area (Å²) in [5.41, 5.74) is -0.597. The summed E-state index contributed by atoms with van der Waals surface area (Å²) >= 11 is 0. The van der Waals surface area contributed by atoms with E-state index in [2.05, 4.69) is 9.97 Å². The Hall–Kier alpha value is -1.85. The lowest BCUT2D eigenvalue weighted by Gasteiger charge is -2.06. The van der Waals surface area contributed by atoms with E-state index in [0.717, 1.165) is 12.3 Å². The summed E-state index contributed by atoms with van der Waals surface area (Å²) < 4.78 is 37.8. The van der Waals surface area contributed by atoms with Gasteiger partial charge >= 0.3 is 6.18 Å². The van der Waals surface area contributed by atoms with Gasteiger partial charge in [0.25, 0.3) is 0 Å². The van der Waals surface area contributed by atoms with E-state index >= 15 is 0 Å². The van der Waals surface area contributed by atoms with Crippen LogP contribution >= 0.6 is 0 Å². The Morgan fingerprint density at radius 1 is 1.44 bits per heavy atom. The number of carbonyl (C=O) groups excluding carboxylic acids is 1. The number of aromatic nitrogens is 2. The summed E-state index contributed by atoms with van der Waals surface area (Å²) in [6.07, 6.45) is -3.39. The average molecular weight is 228 g/mol. The third-order valence-electron chi connectivity index (χ3n) is 2.22. The molecule has 0 saturated heterocycles. The molecule has 0 radical (unpaired) electrons. The van der Waals surface area contributed by atoms with Crippen LogP contribution in [0.3, 0.4) is 0 Å². The van der Waals surface area contributed by atoms with Gasteiger partial charge in [-0.2, -0.15) is 13.2 Å². The van der Waals surface area contributed by atoms with Gasteiger partial charge in [0.1, 0.15) is 5.65 Å². The fourth-order valence-corrected chi connectivity index (χ4v) is 1.46. The lowest BCUT2D eigenvalue weighted by molar-refractivity contribution is -0.136. The highest BCUT2D eigenvalue weighted by atomic mass is 19.4. The zero-order chi connectivity index (χ0) is 11.9. The third-order valence-corrected chi connectivity index (χ3v) is 2.22. The molecule has 0 unspecified atom stereocenters. The molecule has 0 aromatic carbocycles. The lowest BCUT2D eigenvalue weighted by Crippen LogP contribution is -2.05. The molecule has 2 aromatic rings. The molecule has 0 spiro atoms. The van der Waals surface area contributed by atoms with Crippen molar-refractivity contribution < 1.29 is 18.0 Å². The van der Waals surface area contributed by atoms with Crippen LogP contribution in [0, 0.1) is 0 Å². The van der Waals surface area contributed by atoms with Crippen LogP contribution in [0.1, 0.15) is 23.0 Å². The van der Waals surface area contributed by atoms with Crippen LogP contribution in [0.15, 0.2) is 18.3 Å². The number of carbonyl (C=O) groups is 1. The van der Waals surface area contributed by atoms with Crippen molar-refractivity contribution >= 4 is 16.8 Å². The molecule has 0 fully saturated rings. The number of halogens is 3. The first-order chi connectivity index (χ1) is 7.39. The maximum absolute atomic E-state index is 12.6. The predicted octanol–water partition coefficient (Wildman–Crippen LogP) is 2.78. The average Bonchev–Trinajstić information content (AvgIpc) is 2.58. The molecular formula is C10H7F3N2O. The second-order valence-electron chi connectivity index (χ2n) is 3.36. The number of nitrogens with one attached hydrogen (secondary N) is 1. The number of ketones is 1. The van der Waals surface area contributed by atoms with Gasteiger partial charge in [-0.3, -0.25) is 4.79 Å². The number of aromatic amines is 1. The van der Waals surface area contributed by atoms with Gasteiger partial charge in [-0.1, -0.05) is 0 Å². The fourth-order valence-electron chi connectivity index (χ4n) is 1.46. The number of alkyl halides is 3. The van der Waals surface area contributed by atoms with E-state index in [-0.39, 0.29) is 22.5 Å². The van der Waals surface area contributed by atoms with Crippen LogP contribution in [0.4, 0.5) is 13.2 Å². The van der Waals surface area contributed by atoms with Crippen molar-refractivity contribution in [2.24, 2.45) is 0 Å². The first-order valence-electron chi connectivity index (χ1n) is 4.45. The molecule has 0 saturated carbocycles. The molecule has 0 atom stereocenters. The number of hydrogen-bond acceptors (Lipinski definition) is 2. The highest BCUT2D eigenvalue weighted by Gasteiger charge is 2.33. The molecule has 0 bridgehead atoms. The Kier molecular flexibility index (Phi) is 2.22. The number of rotatable bonds is 1.